The van der Waals surface area contributed by atoms with Crippen LogP contribution in [0.4, 0.5) is 0 Å². The van der Waals surface area contributed by atoms with E-state index in [-0.39, 0.29) is 0 Å². The molecule has 0 aromatic carbocycles. The fourth-order valence-electron chi connectivity index (χ4n) is 3.47. The van der Waals surface area contributed by atoms with E-state index in [1.54, 1.807) is 0 Å². The van der Waals surface area contributed by atoms with Crippen molar-refractivity contribution in [1.82, 2.24) is 10.6 Å². The number of hydrogen-bond donors (Lipinski definition) is 9. The van der Waals surface area contributed by atoms with Gasteiger partial charge in [-0.2, -0.15) is 0 Å². The number of carbonyl (C=O) groups is 3. The van der Waals surface area contributed by atoms with Crippen molar-refractivity contribution in [1.29, 1.82) is 0 Å². The van der Waals surface area contributed by atoms with Gasteiger partial charge in [-0.15, -0.1) is 0 Å². The molecule has 0 saturated carbocycles. The average molecular weight is 481 g/mol. The van der Waals surface area contributed by atoms with Gasteiger partial charge in [-0.05, 0) is 6.92 Å². The highest BCUT2D eigenvalue weighted by molar-refractivity contribution is 5.84. The molecule has 15 heteroatoms. The highest BCUT2D eigenvalue weighted by Crippen LogP contribution is 2.25. The summed E-state index contributed by atoms with van der Waals surface area (Å²) in [7, 11) is 0. The van der Waals surface area contributed by atoms with Gasteiger partial charge in [-0.3, -0.25) is 14.4 Å². The van der Waals surface area contributed by atoms with Gasteiger partial charge in [0, 0.05) is 6.92 Å². The standard InChI is InChI=1S/C18H31N3O12/c1-5-11(24)14(27)15(28)18(32-5)31-4-8-12(25)13(26)10(20-6(2)22)16(33-8)21-9(23)3-7(19)17(29)30/h5,7-8,10-16,18,24-28H,3-4,19H2,1-2H3,(H,20,22)(H,21,23)(H,29,30). The number of aliphatic hydroxyl groups excluding tert-OH is 5. The molecule has 10 N–H and O–H groups in total. The molecule has 0 bridgehead atoms. The van der Waals surface area contributed by atoms with Crippen molar-refractivity contribution in [2.24, 2.45) is 5.73 Å². The first-order chi connectivity index (χ1) is 15.3. The number of ether oxygens (including phenoxy) is 3. The van der Waals surface area contributed by atoms with Gasteiger partial charge in [0.15, 0.2) is 12.5 Å². The van der Waals surface area contributed by atoms with E-state index in [9.17, 15) is 39.9 Å². The van der Waals surface area contributed by atoms with E-state index in [4.69, 9.17) is 25.1 Å². The number of aliphatic hydroxyl groups is 5. The van der Waals surface area contributed by atoms with Crippen molar-refractivity contribution >= 4 is 17.8 Å². The number of aliphatic carboxylic acids is 1. The summed E-state index contributed by atoms with van der Waals surface area (Å²) in [6.07, 6.45) is -13.4. The van der Waals surface area contributed by atoms with E-state index in [2.05, 4.69) is 10.6 Å². The molecule has 0 aromatic heterocycles. The van der Waals surface area contributed by atoms with Gasteiger partial charge < -0.3 is 61.2 Å². The van der Waals surface area contributed by atoms with Gasteiger partial charge in [0.1, 0.15) is 48.7 Å². The van der Waals surface area contributed by atoms with Gasteiger partial charge >= 0.3 is 5.97 Å². The van der Waals surface area contributed by atoms with Crippen LogP contribution in [-0.2, 0) is 28.6 Å². The third kappa shape index (κ3) is 6.78. The third-order valence-corrected chi connectivity index (χ3v) is 5.38. The second-order valence-corrected chi connectivity index (χ2v) is 8.03. The molecule has 2 rings (SSSR count). The van der Waals surface area contributed by atoms with Gasteiger partial charge in [0.05, 0.1) is 19.1 Å². The topological polar surface area (TPSA) is 250 Å². The summed E-state index contributed by atoms with van der Waals surface area (Å²) in [4.78, 5) is 34.6. The predicted octanol–water partition coefficient (Wildman–Crippen LogP) is -5.30. The van der Waals surface area contributed by atoms with Crippen molar-refractivity contribution in [3.8, 4) is 0 Å². The van der Waals surface area contributed by atoms with Crippen LogP contribution >= 0.6 is 0 Å². The van der Waals surface area contributed by atoms with Crippen LogP contribution in [0.3, 0.4) is 0 Å². The molecule has 2 saturated heterocycles. The maximum absolute atomic E-state index is 12.2. The molecule has 11 atom stereocenters. The van der Waals surface area contributed by atoms with E-state index in [0.717, 1.165) is 6.92 Å². The lowest BCUT2D eigenvalue weighted by atomic mass is 9.95. The van der Waals surface area contributed by atoms with Gasteiger partial charge in [-0.1, -0.05) is 0 Å². The van der Waals surface area contributed by atoms with Crippen molar-refractivity contribution in [3.05, 3.63) is 0 Å². The molecule has 11 unspecified atom stereocenters. The molecule has 2 aliphatic heterocycles. The molecule has 2 heterocycles. The molecule has 0 aromatic rings. The number of carboxylic acid groups (broad SMARTS) is 1. The fraction of sp³-hybridized carbons (Fsp3) is 0.833. The Balaban J connectivity index is 2.09. The number of rotatable bonds is 8. The Morgan fingerprint density at radius 1 is 0.970 bits per heavy atom. The molecular weight excluding hydrogens is 450 g/mol. The summed E-state index contributed by atoms with van der Waals surface area (Å²) in [5.41, 5.74) is 5.33. The second kappa shape index (κ2) is 11.5. The minimum atomic E-state index is -1.64. The number of carbonyl (C=O) groups excluding carboxylic acids is 2. The Morgan fingerprint density at radius 3 is 2.18 bits per heavy atom. The highest BCUT2D eigenvalue weighted by Gasteiger charge is 2.47. The van der Waals surface area contributed by atoms with Gasteiger partial charge in [0.25, 0.3) is 0 Å². The molecule has 2 fully saturated rings. The Kier molecular flexibility index (Phi) is 9.48. The van der Waals surface area contributed by atoms with E-state index < -0.39 is 98.1 Å². The predicted molar refractivity (Wildman–Crippen MR) is 105 cm³/mol. The van der Waals surface area contributed by atoms with Crippen molar-refractivity contribution in [3.63, 3.8) is 0 Å². The average Bonchev–Trinajstić information content (AvgIpc) is 2.73. The molecule has 2 amide bonds. The van der Waals surface area contributed by atoms with Crippen LogP contribution in [0.15, 0.2) is 0 Å². The molecule has 33 heavy (non-hydrogen) atoms. The van der Waals surface area contributed by atoms with E-state index in [1.807, 2.05) is 0 Å². The molecule has 190 valence electrons. The van der Waals surface area contributed by atoms with Crippen molar-refractivity contribution in [2.75, 3.05) is 6.61 Å². The number of nitrogens with two attached hydrogens (primary N) is 1. The van der Waals surface area contributed by atoms with Crippen LogP contribution in [0, 0.1) is 0 Å². The smallest absolute Gasteiger partial charge is 0.321 e. The number of nitrogens with one attached hydrogen (secondary N) is 2. The summed E-state index contributed by atoms with van der Waals surface area (Å²) in [5.74, 6) is -2.88. The SMILES string of the molecule is CC(=O)NC1C(NC(=O)CC(N)C(=O)O)OC(COC2OC(C)C(O)C(O)C2O)C(O)C1O. The lowest BCUT2D eigenvalue weighted by molar-refractivity contribution is -0.305. The second-order valence-electron chi connectivity index (χ2n) is 8.03. The molecule has 15 nitrogen and oxygen atoms in total. The first kappa shape index (κ1) is 27.3. The maximum Gasteiger partial charge on any atom is 0.321 e. The first-order valence-electron chi connectivity index (χ1n) is 10.2. The summed E-state index contributed by atoms with van der Waals surface area (Å²) in [6, 6.07) is -2.80. The molecular formula is C18H31N3O12. The maximum atomic E-state index is 12.2. The Labute approximate surface area is 188 Å². The summed E-state index contributed by atoms with van der Waals surface area (Å²) in [5, 5.41) is 64.1. The van der Waals surface area contributed by atoms with Crippen LogP contribution in [0.5, 0.6) is 0 Å². The molecule has 0 radical (unpaired) electrons. The van der Waals surface area contributed by atoms with E-state index in [1.165, 1.54) is 6.92 Å². The quantitative estimate of drug-likeness (QED) is 0.157. The van der Waals surface area contributed by atoms with Gasteiger partial charge in [0.2, 0.25) is 11.8 Å². The van der Waals surface area contributed by atoms with Crippen LogP contribution in [0.1, 0.15) is 20.3 Å². The summed E-state index contributed by atoms with van der Waals surface area (Å²) in [6.45, 7) is 2.08. The largest absolute Gasteiger partial charge is 0.480 e. The van der Waals surface area contributed by atoms with E-state index in [0.29, 0.717) is 0 Å². The zero-order valence-corrected chi connectivity index (χ0v) is 18.0. The van der Waals surface area contributed by atoms with Crippen molar-refractivity contribution < 1.29 is 59.2 Å². The normalized spacial score (nSPS) is 40.0. The van der Waals surface area contributed by atoms with Crippen LogP contribution in [0.2, 0.25) is 0 Å². The van der Waals surface area contributed by atoms with Crippen LogP contribution in [-0.4, -0.2) is 122 Å². The lowest BCUT2D eigenvalue weighted by Crippen LogP contribution is -2.68. The third-order valence-electron chi connectivity index (χ3n) is 5.38. The first-order valence-corrected chi connectivity index (χ1v) is 10.2. The Morgan fingerprint density at radius 2 is 1.61 bits per heavy atom. The number of amides is 2. The Hall–Kier alpha value is -1.95. The lowest BCUT2D eigenvalue weighted by Gasteiger charge is -2.44. The monoisotopic (exact) mass is 481 g/mol. The fourth-order valence-corrected chi connectivity index (χ4v) is 3.47. The summed E-state index contributed by atoms with van der Waals surface area (Å²) < 4.78 is 16.2. The molecule has 2 aliphatic rings. The van der Waals surface area contributed by atoms with Crippen LogP contribution in [0.25, 0.3) is 0 Å². The minimum Gasteiger partial charge on any atom is -0.480 e. The summed E-state index contributed by atoms with van der Waals surface area (Å²) >= 11 is 0. The zero-order valence-electron chi connectivity index (χ0n) is 18.0. The van der Waals surface area contributed by atoms with Crippen LogP contribution < -0.4 is 16.4 Å². The molecule has 0 spiro atoms. The number of hydrogen-bond acceptors (Lipinski definition) is 12. The zero-order chi connectivity index (χ0) is 25.0. The number of carboxylic acids is 1. The minimum absolute atomic E-state index is 0.497. The molecule has 0 aliphatic carbocycles. The van der Waals surface area contributed by atoms with Gasteiger partial charge in [-0.25, -0.2) is 0 Å². The van der Waals surface area contributed by atoms with E-state index >= 15 is 0 Å². The van der Waals surface area contributed by atoms with Crippen molar-refractivity contribution in [2.45, 2.75) is 87.6 Å². The highest BCUT2D eigenvalue weighted by atomic mass is 16.7. The Bertz CT molecular complexity index is 711.